The van der Waals surface area contributed by atoms with Gasteiger partial charge in [-0.3, -0.25) is 0 Å². The van der Waals surface area contributed by atoms with Gasteiger partial charge >= 0.3 is 0 Å². The maximum absolute atomic E-state index is 3.20. The van der Waals surface area contributed by atoms with Crippen LogP contribution in [0.3, 0.4) is 0 Å². The highest BCUT2D eigenvalue weighted by molar-refractivity contribution is 5.29. The number of hydrogen-bond donors (Lipinski definition) is 1. The molecule has 0 aromatic carbocycles. The van der Waals surface area contributed by atoms with E-state index in [1.807, 2.05) is 38.2 Å². The molecule has 0 spiro atoms. The largest absolute Gasteiger partial charge is 0.359 e. The van der Waals surface area contributed by atoms with Gasteiger partial charge in [0.15, 0.2) is 0 Å². The van der Waals surface area contributed by atoms with Crippen LogP contribution in [0.25, 0.3) is 0 Å². The molecular formula is C8H11N. The van der Waals surface area contributed by atoms with E-state index < -0.39 is 0 Å². The Bertz CT molecular complexity index is 185. The highest BCUT2D eigenvalue weighted by atomic mass is 14.9. The van der Waals surface area contributed by atoms with Crippen LogP contribution < -0.4 is 5.32 Å². The molecule has 1 aliphatic rings. The number of nitrogens with one attached hydrogen (secondary N) is 1. The highest BCUT2D eigenvalue weighted by Crippen LogP contribution is 2.02. The zero-order chi connectivity index (χ0) is 6.69. The minimum absolute atomic E-state index is 1.18. The van der Waals surface area contributed by atoms with Crippen LogP contribution in [0.1, 0.15) is 13.8 Å². The molecule has 0 amide bonds. The monoisotopic (exact) mass is 121 g/mol. The topological polar surface area (TPSA) is 12.0 Å². The fourth-order valence-corrected chi connectivity index (χ4v) is 0.776. The lowest BCUT2D eigenvalue weighted by Gasteiger charge is -2.09. The van der Waals surface area contributed by atoms with Crippen molar-refractivity contribution in [1.82, 2.24) is 5.32 Å². The zero-order valence-corrected chi connectivity index (χ0v) is 5.81. The molecule has 0 saturated carbocycles. The van der Waals surface area contributed by atoms with Gasteiger partial charge in [-0.1, -0.05) is 12.2 Å². The van der Waals surface area contributed by atoms with E-state index >= 15 is 0 Å². The van der Waals surface area contributed by atoms with Crippen LogP contribution in [-0.2, 0) is 0 Å². The van der Waals surface area contributed by atoms with Crippen LogP contribution in [0.5, 0.6) is 0 Å². The average molecular weight is 121 g/mol. The first-order valence-corrected chi connectivity index (χ1v) is 3.11. The van der Waals surface area contributed by atoms with E-state index in [0.29, 0.717) is 0 Å². The summed E-state index contributed by atoms with van der Waals surface area (Å²) in [6.07, 6.45) is 8.19. The predicted molar refractivity (Wildman–Crippen MR) is 39.8 cm³/mol. The second-order valence-electron chi connectivity index (χ2n) is 2.08. The third kappa shape index (κ3) is 1.46. The van der Waals surface area contributed by atoms with Crippen molar-refractivity contribution in [3.63, 3.8) is 0 Å². The van der Waals surface area contributed by atoms with Crippen LogP contribution in [0.4, 0.5) is 0 Å². The molecule has 0 saturated heterocycles. The number of dihydropyridines is 1. The maximum atomic E-state index is 3.20. The summed E-state index contributed by atoms with van der Waals surface area (Å²) in [5, 5.41) is 3.20. The fourth-order valence-electron chi connectivity index (χ4n) is 0.776. The van der Waals surface area contributed by atoms with E-state index in [0.717, 1.165) is 0 Å². The van der Waals surface area contributed by atoms with Gasteiger partial charge in [-0.25, -0.2) is 0 Å². The van der Waals surface area contributed by atoms with Crippen molar-refractivity contribution in [2.45, 2.75) is 13.8 Å². The molecule has 0 aliphatic carbocycles. The van der Waals surface area contributed by atoms with Crippen LogP contribution in [0, 0.1) is 0 Å². The van der Waals surface area contributed by atoms with Gasteiger partial charge in [0, 0.05) is 11.4 Å². The van der Waals surface area contributed by atoms with Crippen LogP contribution >= 0.6 is 0 Å². The normalized spacial score (nSPS) is 21.6. The predicted octanol–water partition coefficient (Wildman–Crippen LogP) is 1.95. The molecule has 0 atom stereocenters. The van der Waals surface area contributed by atoms with Crippen molar-refractivity contribution in [1.29, 1.82) is 0 Å². The molecule has 1 aliphatic heterocycles. The average Bonchev–Trinajstić information content (AvgIpc) is 1.88. The highest BCUT2D eigenvalue weighted by Gasteiger charge is 1.93. The summed E-state index contributed by atoms with van der Waals surface area (Å²) in [4.78, 5) is 0. The van der Waals surface area contributed by atoms with Crippen molar-refractivity contribution in [2.75, 3.05) is 0 Å². The first-order valence-electron chi connectivity index (χ1n) is 3.11. The molecule has 0 bridgehead atoms. The maximum Gasteiger partial charge on any atom is 0.0338 e. The van der Waals surface area contributed by atoms with Crippen molar-refractivity contribution in [2.24, 2.45) is 0 Å². The lowest BCUT2D eigenvalue weighted by Crippen LogP contribution is -2.10. The van der Waals surface area contributed by atoms with Gasteiger partial charge in [-0.2, -0.15) is 0 Å². The summed E-state index contributed by atoms with van der Waals surface area (Å²) in [5.74, 6) is 0. The van der Waals surface area contributed by atoms with Crippen molar-refractivity contribution in [3.8, 4) is 0 Å². The van der Waals surface area contributed by atoms with Crippen LogP contribution in [0.15, 0.2) is 35.7 Å². The van der Waals surface area contributed by atoms with E-state index in [1.165, 1.54) is 11.4 Å². The van der Waals surface area contributed by atoms with Gasteiger partial charge in [-0.15, -0.1) is 0 Å². The SMILES string of the molecule is C/C=C1\C=CC=C(C)N1. The van der Waals surface area contributed by atoms with E-state index in [4.69, 9.17) is 0 Å². The lowest BCUT2D eigenvalue weighted by atomic mass is 10.2. The molecule has 1 rings (SSSR count). The van der Waals surface area contributed by atoms with E-state index in [1.54, 1.807) is 0 Å². The molecule has 0 aromatic rings. The van der Waals surface area contributed by atoms with Gasteiger partial charge in [-0.05, 0) is 26.0 Å². The quantitative estimate of drug-likeness (QED) is 0.516. The Morgan fingerprint density at radius 1 is 1.56 bits per heavy atom. The first kappa shape index (κ1) is 6.14. The standard InChI is InChI=1S/C8H11N/c1-3-8-6-4-5-7(2)9-8/h3-6,9H,1-2H3/b8-3+. The molecule has 1 heterocycles. The van der Waals surface area contributed by atoms with Gasteiger partial charge in [0.2, 0.25) is 0 Å². The van der Waals surface area contributed by atoms with Gasteiger partial charge < -0.3 is 5.32 Å². The second kappa shape index (κ2) is 2.53. The first-order chi connectivity index (χ1) is 4.33. The lowest BCUT2D eigenvalue weighted by molar-refractivity contribution is 0.986. The van der Waals surface area contributed by atoms with E-state index in [9.17, 15) is 0 Å². The molecule has 1 nitrogen and oxygen atoms in total. The fraction of sp³-hybridized carbons (Fsp3) is 0.250. The van der Waals surface area contributed by atoms with Crippen molar-refractivity contribution < 1.29 is 0 Å². The Kier molecular flexibility index (Phi) is 1.73. The number of hydrogen-bond acceptors (Lipinski definition) is 1. The third-order valence-electron chi connectivity index (χ3n) is 1.27. The summed E-state index contributed by atoms with van der Waals surface area (Å²) >= 11 is 0. The van der Waals surface area contributed by atoms with E-state index in [2.05, 4.69) is 5.32 Å². The summed E-state index contributed by atoms with van der Waals surface area (Å²) in [6, 6.07) is 0. The van der Waals surface area contributed by atoms with Gasteiger partial charge in [0.05, 0.1) is 0 Å². The second-order valence-corrected chi connectivity index (χ2v) is 2.08. The molecule has 0 unspecified atom stereocenters. The minimum atomic E-state index is 1.18. The number of rotatable bonds is 0. The molecular weight excluding hydrogens is 110 g/mol. The minimum Gasteiger partial charge on any atom is -0.359 e. The smallest absolute Gasteiger partial charge is 0.0338 e. The summed E-state index contributed by atoms with van der Waals surface area (Å²) in [5.41, 5.74) is 2.38. The summed E-state index contributed by atoms with van der Waals surface area (Å²) in [7, 11) is 0. The molecule has 48 valence electrons. The van der Waals surface area contributed by atoms with Crippen LogP contribution in [-0.4, -0.2) is 0 Å². The van der Waals surface area contributed by atoms with Crippen molar-refractivity contribution >= 4 is 0 Å². The molecule has 9 heavy (non-hydrogen) atoms. The van der Waals surface area contributed by atoms with Crippen LogP contribution in [0.2, 0.25) is 0 Å². The molecule has 0 fully saturated rings. The molecule has 1 heteroatoms. The number of allylic oxidation sites excluding steroid dienone is 5. The van der Waals surface area contributed by atoms with Crippen molar-refractivity contribution in [3.05, 3.63) is 35.7 Å². The summed E-state index contributed by atoms with van der Waals surface area (Å²) < 4.78 is 0. The molecule has 1 N–H and O–H groups in total. The Morgan fingerprint density at radius 3 is 2.78 bits per heavy atom. The Balaban J connectivity index is 2.73. The van der Waals surface area contributed by atoms with Gasteiger partial charge in [0.25, 0.3) is 0 Å². The Labute approximate surface area is 55.8 Å². The third-order valence-corrected chi connectivity index (χ3v) is 1.27. The molecule has 0 radical (unpaired) electrons. The Morgan fingerprint density at radius 2 is 2.33 bits per heavy atom. The summed E-state index contributed by atoms with van der Waals surface area (Å²) in [6.45, 7) is 4.07. The van der Waals surface area contributed by atoms with E-state index in [-0.39, 0.29) is 0 Å². The molecule has 0 aromatic heterocycles. The van der Waals surface area contributed by atoms with Gasteiger partial charge in [0.1, 0.15) is 0 Å². The Hall–Kier alpha value is -0.980. The zero-order valence-electron chi connectivity index (χ0n) is 5.81.